The van der Waals surface area contributed by atoms with Crippen molar-refractivity contribution in [1.82, 2.24) is 29.9 Å². The van der Waals surface area contributed by atoms with Crippen molar-refractivity contribution in [2.75, 3.05) is 5.32 Å². The number of amides is 2. The Bertz CT molecular complexity index is 890. The summed E-state index contributed by atoms with van der Waals surface area (Å²) in [5.74, 6) is 0.487. The van der Waals surface area contributed by atoms with E-state index in [0.717, 1.165) is 18.7 Å². The lowest BCUT2D eigenvalue weighted by atomic mass is 10.1. The molecule has 1 aliphatic heterocycles. The predicted molar refractivity (Wildman–Crippen MR) is 87.8 cm³/mol. The van der Waals surface area contributed by atoms with Crippen molar-refractivity contribution in [2.45, 2.75) is 25.4 Å². The van der Waals surface area contributed by atoms with E-state index in [2.05, 4.69) is 25.8 Å². The monoisotopic (exact) mass is 341 g/mol. The van der Waals surface area contributed by atoms with Gasteiger partial charge in [0.15, 0.2) is 0 Å². The minimum absolute atomic E-state index is 0.0593. The Labute approximate surface area is 142 Å². The molecule has 2 amide bonds. The zero-order chi connectivity index (χ0) is 17.2. The van der Waals surface area contributed by atoms with Gasteiger partial charge in [-0.15, -0.1) is 0 Å². The third-order valence-corrected chi connectivity index (χ3v) is 4.10. The summed E-state index contributed by atoms with van der Waals surface area (Å²) in [7, 11) is 0. The van der Waals surface area contributed by atoms with Crippen LogP contribution in [0.25, 0.3) is 5.69 Å². The van der Waals surface area contributed by atoms with Crippen LogP contribution < -0.4 is 10.6 Å². The molecule has 0 bridgehead atoms. The number of nitrogens with zero attached hydrogens (tertiary/aromatic N) is 5. The maximum atomic E-state index is 13.6. The maximum Gasteiger partial charge on any atom is 0.319 e. The van der Waals surface area contributed by atoms with Gasteiger partial charge >= 0.3 is 6.03 Å². The third kappa shape index (κ3) is 3.21. The van der Waals surface area contributed by atoms with Crippen molar-refractivity contribution in [2.24, 2.45) is 0 Å². The maximum absolute atomic E-state index is 13.6. The van der Waals surface area contributed by atoms with Crippen molar-refractivity contribution in [3.8, 4) is 5.69 Å². The van der Waals surface area contributed by atoms with Gasteiger partial charge in [-0.2, -0.15) is 10.2 Å². The highest BCUT2D eigenvalue weighted by Gasteiger charge is 2.21. The molecule has 0 radical (unpaired) electrons. The molecule has 25 heavy (non-hydrogen) atoms. The lowest BCUT2D eigenvalue weighted by Gasteiger charge is -2.24. The molecule has 4 rings (SSSR count). The Kier molecular flexibility index (Phi) is 3.88. The van der Waals surface area contributed by atoms with Gasteiger partial charge in [0.1, 0.15) is 18.0 Å². The quantitative estimate of drug-likeness (QED) is 0.759. The Balaban J connectivity index is 1.47. The molecule has 1 aromatic carbocycles. The smallest absolute Gasteiger partial charge is 0.319 e. The molecule has 3 heterocycles. The van der Waals surface area contributed by atoms with Crippen molar-refractivity contribution in [1.29, 1.82) is 0 Å². The molecular weight excluding hydrogens is 325 g/mol. The van der Waals surface area contributed by atoms with Crippen LogP contribution in [0.15, 0.2) is 43.0 Å². The fourth-order valence-electron chi connectivity index (χ4n) is 2.92. The number of halogens is 1. The van der Waals surface area contributed by atoms with Crippen LogP contribution in [0, 0.1) is 5.82 Å². The topological polar surface area (TPSA) is 89.7 Å². The first-order chi connectivity index (χ1) is 12.2. The Morgan fingerprint density at radius 1 is 1.32 bits per heavy atom. The number of fused-ring (bicyclic) bond motifs is 1. The summed E-state index contributed by atoms with van der Waals surface area (Å²) in [5.41, 5.74) is 0.933. The van der Waals surface area contributed by atoms with Gasteiger partial charge in [0.05, 0.1) is 24.0 Å². The molecule has 2 N–H and O–H groups in total. The van der Waals surface area contributed by atoms with E-state index in [4.69, 9.17) is 0 Å². The zero-order valence-corrected chi connectivity index (χ0v) is 13.3. The first-order valence-electron chi connectivity index (χ1n) is 7.93. The molecule has 0 unspecified atom stereocenters. The van der Waals surface area contributed by atoms with Crippen molar-refractivity contribution in [3.63, 3.8) is 0 Å². The summed E-state index contributed by atoms with van der Waals surface area (Å²) in [5, 5.41) is 13.9. The first kappa shape index (κ1) is 15.3. The summed E-state index contributed by atoms with van der Waals surface area (Å²) in [6.45, 7) is 0.567. The number of carbonyl (C=O) groups is 1. The fraction of sp³-hybridized carbons (Fsp3) is 0.250. The molecule has 3 aromatic rings. The van der Waals surface area contributed by atoms with Crippen LogP contribution in [-0.4, -0.2) is 36.6 Å². The number of benzene rings is 1. The highest BCUT2D eigenvalue weighted by Crippen LogP contribution is 2.21. The largest absolute Gasteiger partial charge is 0.333 e. The van der Waals surface area contributed by atoms with Crippen LogP contribution in [0.4, 0.5) is 14.9 Å². The molecular formula is C16H16FN7O. The minimum atomic E-state index is -0.434. The van der Waals surface area contributed by atoms with E-state index in [1.165, 1.54) is 18.5 Å². The first-order valence-corrected chi connectivity index (χ1v) is 7.93. The molecule has 0 fully saturated rings. The van der Waals surface area contributed by atoms with Gasteiger partial charge in [0, 0.05) is 18.8 Å². The SMILES string of the molecule is O=C(Nc1cc(F)ccc1-n1cccn1)N[C@H]1CCc2ncnn2C1. The van der Waals surface area contributed by atoms with E-state index in [1.54, 1.807) is 33.9 Å². The summed E-state index contributed by atoms with van der Waals surface area (Å²) in [6, 6.07) is 5.47. The second-order valence-corrected chi connectivity index (χ2v) is 5.80. The van der Waals surface area contributed by atoms with Gasteiger partial charge in [0.2, 0.25) is 0 Å². The molecule has 128 valence electrons. The van der Waals surface area contributed by atoms with E-state index in [0.29, 0.717) is 17.9 Å². The third-order valence-electron chi connectivity index (χ3n) is 4.10. The number of aryl methyl sites for hydroxylation is 1. The van der Waals surface area contributed by atoms with Crippen LogP contribution in [0.1, 0.15) is 12.2 Å². The highest BCUT2D eigenvalue weighted by molar-refractivity contribution is 5.91. The fourth-order valence-corrected chi connectivity index (χ4v) is 2.92. The molecule has 9 heteroatoms. The molecule has 1 aliphatic rings. The average molecular weight is 341 g/mol. The zero-order valence-electron chi connectivity index (χ0n) is 13.3. The average Bonchev–Trinajstić information content (AvgIpc) is 3.25. The van der Waals surface area contributed by atoms with Crippen LogP contribution in [0.2, 0.25) is 0 Å². The predicted octanol–water partition coefficient (Wildman–Crippen LogP) is 1.74. The lowest BCUT2D eigenvalue weighted by molar-refractivity contribution is 0.243. The number of hydrogen-bond donors (Lipinski definition) is 2. The van der Waals surface area contributed by atoms with Crippen LogP contribution in [0.3, 0.4) is 0 Å². The van der Waals surface area contributed by atoms with Gasteiger partial charge in [-0.05, 0) is 30.7 Å². The number of carbonyl (C=O) groups excluding carboxylic acids is 1. The molecule has 8 nitrogen and oxygen atoms in total. The van der Waals surface area contributed by atoms with E-state index < -0.39 is 11.8 Å². The summed E-state index contributed by atoms with van der Waals surface area (Å²) < 4.78 is 17.0. The molecule has 0 saturated heterocycles. The normalized spacial score (nSPS) is 16.3. The Hall–Kier alpha value is -3.23. The number of rotatable bonds is 3. The van der Waals surface area contributed by atoms with Gasteiger partial charge in [0.25, 0.3) is 0 Å². The van der Waals surface area contributed by atoms with Gasteiger partial charge in [-0.3, -0.25) is 0 Å². The molecule has 0 aliphatic carbocycles. The van der Waals surface area contributed by atoms with Crippen molar-refractivity contribution in [3.05, 3.63) is 54.6 Å². The van der Waals surface area contributed by atoms with E-state index >= 15 is 0 Å². The van der Waals surface area contributed by atoms with E-state index in [-0.39, 0.29) is 6.04 Å². The highest BCUT2D eigenvalue weighted by atomic mass is 19.1. The number of urea groups is 1. The number of hydrogen-bond acceptors (Lipinski definition) is 4. The molecule has 1 atom stereocenters. The summed E-state index contributed by atoms with van der Waals surface area (Å²) in [4.78, 5) is 16.5. The van der Waals surface area contributed by atoms with Gasteiger partial charge < -0.3 is 10.6 Å². The van der Waals surface area contributed by atoms with E-state index in [1.807, 2.05) is 0 Å². The van der Waals surface area contributed by atoms with Crippen molar-refractivity contribution < 1.29 is 9.18 Å². The van der Waals surface area contributed by atoms with Crippen molar-refractivity contribution >= 4 is 11.7 Å². The van der Waals surface area contributed by atoms with Crippen LogP contribution in [0.5, 0.6) is 0 Å². The summed E-state index contributed by atoms with van der Waals surface area (Å²) >= 11 is 0. The van der Waals surface area contributed by atoms with E-state index in [9.17, 15) is 9.18 Å². The number of aromatic nitrogens is 5. The minimum Gasteiger partial charge on any atom is -0.333 e. The van der Waals surface area contributed by atoms with Gasteiger partial charge in [-0.25, -0.2) is 23.5 Å². The Morgan fingerprint density at radius 3 is 3.08 bits per heavy atom. The second-order valence-electron chi connectivity index (χ2n) is 5.80. The van der Waals surface area contributed by atoms with Crippen LogP contribution in [-0.2, 0) is 13.0 Å². The summed E-state index contributed by atoms with van der Waals surface area (Å²) in [6.07, 6.45) is 6.39. The molecule has 0 saturated carbocycles. The second kappa shape index (κ2) is 6.34. The molecule has 0 spiro atoms. The lowest BCUT2D eigenvalue weighted by Crippen LogP contribution is -2.43. The standard InChI is InChI=1S/C16H16FN7O/c17-11-2-4-14(23-7-1-6-19-23)13(8-11)22-16(25)21-12-3-5-15-18-10-20-24(15)9-12/h1-2,4,6-8,10,12H,3,5,9H2,(H2,21,22,25)/t12-/m0/s1. The Morgan fingerprint density at radius 2 is 2.24 bits per heavy atom. The number of anilines is 1. The van der Waals surface area contributed by atoms with Crippen LogP contribution >= 0.6 is 0 Å². The molecule has 2 aromatic heterocycles. The number of nitrogens with one attached hydrogen (secondary N) is 2. The van der Waals surface area contributed by atoms with Gasteiger partial charge in [-0.1, -0.05) is 0 Å².